The molecule has 3 aromatic rings. The van der Waals surface area contributed by atoms with E-state index in [1.807, 2.05) is 42.5 Å². The number of ketones is 1. The van der Waals surface area contributed by atoms with Crippen LogP contribution in [-0.4, -0.2) is 27.2 Å². The highest BCUT2D eigenvalue weighted by atomic mass is 16.6. The molecule has 0 radical (unpaired) electrons. The highest BCUT2D eigenvalue weighted by molar-refractivity contribution is 6.01. The van der Waals surface area contributed by atoms with Crippen molar-refractivity contribution < 1.29 is 9.72 Å². The Hall–Kier alpha value is -4.24. The SMILES string of the molecule is N#C[C@]1([N+](=O)[O-])[C@@H]2c3ccccc3C=CN2[C@@H](C(=O)c2ccccc2)[C@@H]1c1ccccc1. The smallest absolute Gasteiger partial charge is 0.338 e. The fourth-order valence-corrected chi connectivity index (χ4v) is 5.17. The summed E-state index contributed by atoms with van der Waals surface area (Å²) in [5, 5.41) is 23.1. The van der Waals surface area contributed by atoms with E-state index in [1.54, 1.807) is 59.6 Å². The minimum atomic E-state index is -2.04. The molecule has 0 amide bonds. The third-order valence-corrected chi connectivity index (χ3v) is 6.51. The van der Waals surface area contributed by atoms with Crippen LogP contribution in [0.15, 0.2) is 91.1 Å². The third kappa shape index (κ3) is 2.68. The van der Waals surface area contributed by atoms with E-state index in [0.29, 0.717) is 16.7 Å². The molecule has 2 heterocycles. The topological polar surface area (TPSA) is 87.2 Å². The number of Topliss-reactive ketones (excluding diaryl/α,β-unsaturated/α-hetero) is 1. The van der Waals surface area contributed by atoms with Gasteiger partial charge in [-0.2, -0.15) is 5.26 Å². The van der Waals surface area contributed by atoms with Gasteiger partial charge in [-0.15, -0.1) is 0 Å². The van der Waals surface area contributed by atoms with E-state index in [9.17, 15) is 20.2 Å². The molecule has 4 atom stereocenters. The van der Waals surface area contributed by atoms with Gasteiger partial charge in [0, 0.05) is 16.7 Å². The predicted octanol–water partition coefficient (Wildman–Crippen LogP) is 4.60. The molecule has 3 aromatic carbocycles. The van der Waals surface area contributed by atoms with Crippen LogP contribution < -0.4 is 0 Å². The van der Waals surface area contributed by atoms with E-state index >= 15 is 0 Å². The average Bonchev–Trinajstić information content (AvgIpc) is 3.16. The summed E-state index contributed by atoms with van der Waals surface area (Å²) in [5.74, 6) is -1.20. The molecule has 1 saturated heterocycles. The Morgan fingerprint density at radius 1 is 0.969 bits per heavy atom. The number of hydrogen-bond donors (Lipinski definition) is 0. The monoisotopic (exact) mass is 421 g/mol. The zero-order valence-electron chi connectivity index (χ0n) is 17.0. The van der Waals surface area contributed by atoms with Gasteiger partial charge in [-0.05, 0) is 22.8 Å². The van der Waals surface area contributed by atoms with Crippen molar-refractivity contribution in [3.05, 3.63) is 123 Å². The number of carbonyl (C=O) groups excluding carboxylic acids is 1. The largest absolute Gasteiger partial charge is 0.351 e. The second-order valence-electron chi connectivity index (χ2n) is 8.05. The van der Waals surface area contributed by atoms with E-state index in [1.165, 1.54) is 0 Å². The Morgan fingerprint density at radius 2 is 1.59 bits per heavy atom. The average molecular weight is 421 g/mol. The van der Waals surface area contributed by atoms with Crippen LogP contribution >= 0.6 is 0 Å². The summed E-state index contributed by atoms with van der Waals surface area (Å²) in [6.45, 7) is 0. The summed E-state index contributed by atoms with van der Waals surface area (Å²) >= 11 is 0. The normalized spacial score (nSPS) is 25.5. The molecule has 0 unspecified atom stereocenters. The highest BCUT2D eigenvalue weighted by Gasteiger charge is 2.71. The predicted molar refractivity (Wildman–Crippen MR) is 119 cm³/mol. The van der Waals surface area contributed by atoms with Gasteiger partial charge >= 0.3 is 5.54 Å². The summed E-state index contributed by atoms with van der Waals surface area (Å²) in [7, 11) is 0. The van der Waals surface area contributed by atoms with E-state index < -0.39 is 28.5 Å². The standard InChI is InChI=1S/C26H19N3O3/c27-17-26(29(31)32)22(19-10-3-1-4-11-19)23(24(30)20-12-5-2-6-13-20)28-16-15-18-9-7-8-14-21(18)25(26)28/h1-16,22-23,25H/t22-,23+,25-,26+/m0/s1. The van der Waals surface area contributed by atoms with Crippen molar-refractivity contribution in [3.8, 4) is 6.07 Å². The molecular formula is C26H19N3O3. The quantitative estimate of drug-likeness (QED) is 0.349. The highest BCUT2D eigenvalue weighted by Crippen LogP contribution is 2.56. The van der Waals surface area contributed by atoms with Gasteiger partial charge in [0.1, 0.15) is 12.1 Å². The third-order valence-electron chi connectivity index (χ3n) is 6.51. The van der Waals surface area contributed by atoms with Crippen molar-refractivity contribution in [1.82, 2.24) is 4.90 Å². The second kappa shape index (κ2) is 7.47. The van der Waals surface area contributed by atoms with Gasteiger partial charge in [0.05, 0.1) is 5.92 Å². The lowest BCUT2D eigenvalue weighted by Crippen LogP contribution is -2.46. The fourth-order valence-electron chi connectivity index (χ4n) is 5.17. The molecule has 1 fully saturated rings. The number of hydrogen-bond acceptors (Lipinski definition) is 5. The Kier molecular flexibility index (Phi) is 4.60. The van der Waals surface area contributed by atoms with Gasteiger partial charge < -0.3 is 4.90 Å². The molecule has 2 aliphatic rings. The lowest BCUT2D eigenvalue weighted by atomic mass is 9.73. The van der Waals surface area contributed by atoms with Crippen LogP contribution in [0.1, 0.15) is 39.0 Å². The van der Waals surface area contributed by atoms with E-state index in [-0.39, 0.29) is 5.78 Å². The summed E-state index contributed by atoms with van der Waals surface area (Å²) in [6.07, 6.45) is 3.59. The molecular weight excluding hydrogens is 402 g/mol. The van der Waals surface area contributed by atoms with Crippen molar-refractivity contribution in [1.29, 1.82) is 5.26 Å². The molecule has 0 bridgehead atoms. The molecule has 0 N–H and O–H groups in total. The number of nitrogens with zero attached hydrogens (tertiary/aromatic N) is 3. The lowest BCUT2D eigenvalue weighted by Gasteiger charge is -2.33. The minimum Gasteiger partial charge on any atom is -0.351 e. The lowest BCUT2D eigenvalue weighted by molar-refractivity contribution is -0.559. The second-order valence-corrected chi connectivity index (χ2v) is 8.05. The summed E-state index contributed by atoms with van der Waals surface area (Å²) < 4.78 is 0. The van der Waals surface area contributed by atoms with E-state index in [4.69, 9.17) is 0 Å². The maximum absolute atomic E-state index is 13.8. The van der Waals surface area contributed by atoms with Crippen LogP contribution in [-0.2, 0) is 0 Å². The van der Waals surface area contributed by atoms with E-state index in [0.717, 1.165) is 5.56 Å². The first-order valence-electron chi connectivity index (χ1n) is 10.3. The zero-order valence-corrected chi connectivity index (χ0v) is 17.0. The molecule has 0 saturated carbocycles. The van der Waals surface area contributed by atoms with Crippen molar-refractivity contribution in [2.24, 2.45) is 0 Å². The maximum atomic E-state index is 13.8. The van der Waals surface area contributed by atoms with Crippen LogP contribution in [0.25, 0.3) is 6.08 Å². The minimum absolute atomic E-state index is 0.243. The maximum Gasteiger partial charge on any atom is 0.338 e. The first kappa shape index (κ1) is 19.7. The van der Waals surface area contributed by atoms with Gasteiger partial charge in [0.2, 0.25) is 0 Å². The number of nitriles is 1. The van der Waals surface area contributed by atoms with Crippen molar-refractivity contribution >= 4 is 11.9 Å². The zero-order chi connectivity index (χ0) is 22.3. The van der Waals surface area contributed by atoms with Gasteiger partial charge in [-0.25, -0.2) is 0 Å². The molecule has 156 valence electrons. The number of benzene rings is 3. The molecule has 0 aromatic heterocycles. The molecule has 5 rings (SSSR count). The fraction of sp³-hybridized carbons (Fsp3) is 0.154. The Balaban J connectivity index is 1.80. The Morgan fingerprint density at radius 3 is 2.25 bits per heavy atom. The van der Waals surface area contributed by atoms with Gasteiger partial charge in [0.15, 0.2) is 11.9 Å². The van der Waals surface area contributed by atoms with Crippen LogP contribution in [0.2, 0.25) is 0 Å². The molecule has 0 spiro atoms. The van der Waals surface area contributed by atoms with Crippen LogP contribution in [0.5, 0.6) is 0 Å². The van der Waals surface area contributed by atoms with Gasteiger partial charge in [-0.3, -0.25) is 14.9 Å². The van der Waals surface area contributed by atoms with Gasteiger partial charge in [0.25, 0.3) is 0 Å². The summed E-state index contributed by atoms with van der Waals surface area (Å²) in [5.41, 5.74) is 0.506. The van der Waals surface area contributed by atoms with Crippen LogP contribution in [0, 0.1) is 21.4 Å². The number of nitro groups is 1. The first-order valence-corrected chi connectivity index (χ1v) is 10.3. The van der Waals surface area contributed by atoms with Gasteiger partial charge in [-0.1, -0.05) is 84.9 Å². The molecule has 6 nitrogen and oxygen atoms in total. The van der Waals surface area contributed by atoms with Crippen molar-refractivity contribution in [3.63, 3.8) is 0 Å². The first-order chi connectivity index (χ1) is 15.6. The Bertz CT molecular complexity index is 1270. The Labute approximate surface area is 185 Å². The molecule has 6 heteroatoms. The van der Waals surface area contributed by atoms with Crippen LogP contribution in [0.4, 0.5) is 0 Å². The molecule has 2 aliphatic heterocycles. The number of carbonyl (C=O) groups is 1. The van der Waals surface area contributed by atoms with Crippen molar-refractivity contribution in [2.75, 3.05) is 0 Å². The van der Waals surface area contributed by atoms with E-state index in [2.05, 4.69) is 6.07 Å². The number of rotatable bonds is 4. The van der Waals surface area contributed by atoms with Crippen LogP contribution in [0.3, 0.4) is 0 Å². The molecule has 0 aliphatic carbocycles. The van der Waals surface area contributed by atoms with Crippen molar-refractivity contribution in [2.45, 2.75) is 23.5 Å². The summed E-state index contributed by atoms with van der Waals surface area (Å²) in [4.78, 5) is 27.8. The summed E-state index contributed by atoms with van der Waals surface area (Å²) in [6, 6.07) is 25.3. The molecule has 32 heavy (non-hydrogen) atoms. The number of fused-ring (bicyclic) bond motifs is 3.